The summed E-state index contributed by atoms with van der Waals surface area (Å²) < 4.78 is 43.7. The van der Waals surface area contributed by atoms with Gasteiger partial charge in [0.05, 0.1) is 99.1 Å². The summed E-state index contributed by atoms with van der Waals surface area (Å²) in [5, 5.41) is 8.58. The van der Waals surface area contributed by atoms with Gasteiger partial charge in [0.1, 0.15) is 12.4 Å². The average Bonchev–Trinajstić information content (AvgIpc) is 2.98. The van der Waals surface area contributed by atoms with Crippen molar-refractivity contribution in [3.8, 4) is 5.75 Å². The summed E-state index contributed by atoms with van der Waals surface area (Å²) in [6, 6.07) is 8.55. The molecule has 1 rings (SSSR count). The van der Waals surface area contributed by atoms with Crippen molar-refractivity contribution in [1.82, 2.24) is 0 Å². The molecule has 0 aliphatic heterocycles. The van der Waals surface area contributed by atoms with E-state index in [0.717, 1.165) is 11.7 Å². The molecule has 40 heavy (non-hydrogen) atoms. The van der Waals surface area contributed by atoms with Gasteiger partial charge in [0.2, 0.25) is 0 Å². The summed E-state index contributed by atoms with van der Waals surface area (Å²) in [6.45, 7) is 14.5. The topological polar surface area (TPSA) is 94.1 Å². The van der Waals surface area contributed by atoms with Gasteiger partial charge in [-0.25, -0.2) is 0 Å². The number of rotatable bonds is 30. The van der Waals surface area contributed by atoms with Crippen LogP contribution >= 0.6 is 0 Å². The number of ether oxygens (including phenoxy) is 8. The monoisotopic (exact) mass is 572 g/mol. The second kappa shape index (κ2) is 27.8. The molecule has 0 radical (unpaired) electrons. The molecule has 0 amide bonds. The number of aliphatic hydroxyl groups is 1. The standard InChI is InChI=1S/C31H56O9/c1-4-28(3)6-7-29(5-2)30-8-10-31(11-9-30)40-27-26-39-25-24-38-23-22-37-21-20-36-19-18-35-17-16-34-15-14-33-13-12-32/h8-11,28-29,32H,4-7,12-27H2,1-3H3. The van der Waals surface area contributed by atoms with Gasteiger partial charge in [-0.3, -0.25) is 0 Å². The predicted octanol–water partition coefficient (Wildman–Crippen LogP) is 4.49. The van der Waals surface area contributed by atoms with Gasteiger partial charge in [-0.1, -0.05) is 45.7 Å². The number of benzene rings is 1. The van der Waals surface area contributed by atoms with E-state index in [4.69, 9.17) is 43.0 Å². The molecule has 0 saturated carbocycles. The van der Waals surface area contributed by atoms with Gasteiger partial charge >= 0.3 is 0 Å². The van der Waals surface area contributed by atoms with Crippen LogP contribution in [0.2, 0.25) is 0 Å². The lowest BCUT2D eigenvalue weighted by atomic mass is 9.88. The molecule has 9 heteroatoms. The molecule has 1 aromatic rings. The van der Waals surface area contributed by atoms with E-state index in [-0.39, 0.29) is 6.61 Å². The highest BCUT2D eigenvalue weighted by atomic mass is 16.6. The maximum Gasteiger partial charge on any atom is 0.119 e. The summed E-state index contributed by atoms with van der Waals surface area (Å²) in [4.78, 5) is 0. The van der Waals surface area contributed by atoms with Crippen molar-refractivity contribution >= 4 is 0 Å². The third kappa shape index (κ3) is 21.4. The first-order valence-electron chi connectivity index (χ1n) is 15.1. The van der Waals surface area contributed by atoms with E-state index < -0.39 is 0 Å². The zero-order chi connectivity index (χ0) is 28.9. The Bertz CT molecular complexity index is 644. The smallest absolute Gasteiger partial charge is 0.119 e. The Morgan fingerprint density at radius 1 is 0.525 bits per heavy atom. The predicted molar refractivity (Wildman–Crippen MR) is 156 cm³/mol. The lowest BCUT2D eigenvalue weighted by molar-refractivity contribution is -0.0221. The average molecular weight is 573 g/mol. The van der Waals surface area contributed by atoms with Gasteiger partial charge in [0.15, 0.2) is 0 Å². The quantitative estimate of drug-likeness (QED) is 0.134. The first kappa shape index (κ1) is 36.7. The molecule has 234 valence electrons. The Balaban J connectivity index is 1.84. The molecule has 2 unspecified atom stereocenters. The largest absolute Gasteiger partial charge is 0.491 e. The van der Waals surface area contributed by atoms with E-state index in [1.807, 2.05) is 0 Å². The minimum atomic E-state index is 0.0312. The SMILES string of the molecule is CCC(C)CCC(CC)c1ccc(OCCOCCOCCOCCOCCOCCOCCOCCO)cc1. The molecule has 0 aromatic heterocycles. The minimum Gasteiger partial charge on any atom is -0.491 e. The van der Waals surface area contributed by atoms with Crippen LogP contribution in [0.1, 0.15) is 57.9 Å². The lowest BCUT2D eigenvalue weighted by Gasteiger charge is -2.18. The summed E-state index contributed by atoms with van der Waals surface area (Å²) >= 11 is 0. The maximum absolute atomic E-state index is 8.58. The van der Waals surface area contributed by atoms with E-state index in [9.17, 15) is 0 Å². The first-order valence-corrected chi connectivity index (χ1v) is 15.1. The number of hydrogen-bond acceptors (Lipinski definition) is 9. The van der Waals surface area contributed by atoms with Gasteiger partial charge in [-0.15, -0.1) is 0 Å². The molecule has 9 nitrogen and oxygen atoms in total. The fourth-order valence-electron chi connectivity index (χ4n) is 3.84. The Labute approximate surface area is 242 Å². The normalized spacial score (nSPS) is 13.0. The van der Waals surface area contributed by atoms with Crippen LogP contribution in [0.25, 0.3) is 0 Å². The molecule has 2 atom stereocenters. The van der Waals surface area contributed by atoms with E-state index >= 15 is 0 Å². The minimum absolute atomic E-state index is 0.0312. The third-order valence-corrected chi connectivity index (χ3v) is 6.51. The molecule has 0 saturated heterocycles. The molecule has 1 N–H and O–H groups in total. The van der Waals surface area contributed by atoms with Crippen LogP contribution in [0.3, 0.4) is 0 Å². The van der Waals surface area contributed by atoms with Gasteiger partial charge < -0.3 is 43.0 Å². The highest BCUT2D eigenvalue weighted by molar-refractivity contribution is 5.29. The molecule has 0 aliphatic carbocycles. The fraction of sp³-hybridized carbons (Fsp3) is 0.806. The second-order valence-corrected chi connectivity index (χ2v) is 9.62. The maximum atomic E-state index is 8.58. The zero-order valence-corrected chi connectivity index (χ0v) is 25.3. The summed E-state index contributed by atoms with van der Waals surface area (Å²) in [5.74, 6) is 2.31. The van der Waals surface area contributed by atoms with Crippen LogP contribution in [0.4, 0.5) is 0 Å². The highest BCUT2D eigenvalue weighted by Crippen LogP contribution is 2.28. The lowest BCUT2D eigenvalue weighted by Crippen LogP contribution is -2.15. The van der Waals surface area contributed by atoms with Crippen LogP contribution in [0, 0.1) is 5.92 Å². The summed E-state index contributed by atoms with van der Waals surface area (Å²) in [6.07, 6.45) is 4.97. The first-order chi connectivity index (χ1) is 19.7. The Hall–Kier alpha value is -1.30. The van der Waals surface area contributed by atoms with Gasteiger partial charge in [0.25, 0.3) is 0 Å². The Morgan fingerprint density at radius 2 is 0.925 bits per heavy atom. The van der Waals surface area contributed by atoms with Crippen LogP contribution in [-0.4, -0.2) is 111 Å². The van der Waals surface area contributed by atoms with Gasteiger partial charge in [0, 0.05) is 0 Å². The molecule has 0 aliphatic rings. The van der Waals surface area contributed by atoms with Gasteiger partial charge in [-0.05, 0) is 42.4 Å². The molecule has 0 heterocycles. The van der Waals surface area contributed by atoms with Crippen LogP contribution < -0.4 is 4.74 Å². The Morgan fingerprint density at radius 3 is 1.30 bits per heavy atom. The summed E-state index contributed by atoms with van der Waals surface area (Å²) in [7, 11) is 0. The van der Waals surface area contributed by atoms with Crippen molar-refractivity contribution in [2.24, 2.45) is 5.92 Å². The van der Waals surface area contributed by atoms with Crippen LogP contribution in [-0.2, 0) is 33.2 Å². The molecule has 0 spiro atoms. The molecular formula is C31H56O9. The van der Waals surface area contributed by atoms with Crippen molar-refractivity contribution in [1.29, 1.82) is 0 Å². The van der Waals surface area contributed by atoms with Crippen LogP contribution in [0.15, 0.2) is 24.3 Å². The third-order valence-electron chi connectivity index (χ3n) is 6.51. The van der Waals surface area contributed by atoms with Crippen molar-refractivity contribution in [2.75, 3.05) is 106 Å². The molecule has 0 fully saturated rings. The fourth-order valence-corrected chi connectivity index (χ4v) is 3.84. The van der Waals surface area contributed by atoms with Crippen molar-refractivity contribution in [2.45, 2.75) is 52.4 Å². The van der Waals surface area contributed by atoms with Crippen LogP contribution in [0.5, 0.6) is 5.75 Å². The summed E-state index contributed by atoms with van der Waals surface area (Å²) in [5.41, 5.74) is 1.41. The molecular weight excluding hydrogens is 516 g/mol. The number of hydrogen-bond donors (Lipinski definition) is 1. The van der Waals surface area contributed by atoms with E-state index in [1.165, 1.54) is 31.2 Å². The second-order valence-electron chi connectivity index (χ2n) is 9.62. The molecule has 1 aromatic carbocycles. The van der Waals surface area contributed by atoms with Crippen molar-refractivity contribution < 1.29 is 43.0 Å². The van der Waals surface area contributed by atoms with E-state index in [0.29, 0.717) is 105 Å². The van der Waals surface area contributed by atoms with Crippen molar-refractivity contribution in [3.63, 3.8) is 0 Å². The van der Waals surface area contributed by atoms with Crippen molar-refractivity contribution in [3.05, 3.63) is 29.8 Å². The highest BCUT2D eigenvalue weighted by Gasteiger charge is 2.11. The van der Waals surface area contributed by atoms with E-state index in [2.05, 4.69) is 45.0 Å². The Kier molecular flexibility index (Phi) is 25.6. The zero-order valence-electron chi connectivity index (χ0n) is 25.3. The number of aliphatic hydroxyl groups excluding tert-OH is 1. The van der Waals surface area contributed by atoms with Gasteiger partial charge in [-0.2, -0.15) is 0 Å². The molecule has 0 bridgehead atoms. The van der Waals surface area contributed by atoms with E-state index in [1.54, 1.807) is 0 Å².